The first kappa shape index (κ1) is 9.09. The van der Waals surface area contributed by atoms with Crippen LogP contribution in [0.15, 0.2) is 24.3 Å². The van der Waals surface area contributed by atoms with E-state index in [1.54, 1.807) is 0 Å². The third-order valence-electron chi connectivity index (χ3n) is 1.60. The van der Waals surface area contributed by atoms with Gasteiger partial charge in [-0.15, -0.1) is 0 Å². The van der Waals surface area contributed by atoms with Crippen LogP contribution in [0.4, 0.5) is 5.69 Å². The molecule has 0 saturated heterocycles. The molecule has 0 spiro atoms. The Hall–Kier alpha value is -2.00. The fourth-order valence-electron chi connectivity index (χ4n) is 0.963. The fraction of sp³-hybridized carbons (Fsp3) is 0.200. The first-order valence-corrected chi connectivity index (χ1v) is 3.90. The molecule has 1 rings (SSSR count). The Morgan fingerprint density at radius 1 is 1.38 bits per heavy atom. The zero-order valence-corrected chi connectivity index (χ0v) is 7.12. The monoisotopic (exact) mass is 171 g/mol. The van der Waals surface area contributed by atoms with Crippen LogP contribution in [0.2, 0.25) is 0 Å². The molecule has 13 heavy (non-hydrogen) atoms. The number of anilines is 1. The largest absolute Gasteiger partial charge is 0.319 e. The average molecular weight is 171 g/mol. The third kappa shape index (κ3) is 2.84. The predicted octanol–water partition coefficient (Wildman–Crippen LogP) is 2.04. The SMILES string of the molecule is [C-]#[N+]CNc1ccc(CC#N)cc1. The van der Waals surface area contributed by atoms with Gasteiger partial charge in [0.05, 0.1) is 12.5 Å². The van der Waals surface area contributed by atoms with Crippen molar-refractivity contribution in [1.29, 1.82) is 5.26 Å². The second-order valence-electron chi connectivity index (χ2n) is 2.52. The molecule has 0 bridgehead atoms. The lowest BCUT2D eigenvalue weighted by Gasteiger charge is -1.99. The number of rotatable bonds is 3. The van der Waals surface area contributed by atoms with E-state index in [9.17, 15) is 0 Å². The molecule has 3 heteroatoms. The van der Waals surface area contributed by atoms with Gasteiger partial charge in [-0.1, -0.05) is 12.1 Å². The summed E-state index contributed by atoms with van der Waals surface area (Å²) in [6.07, 6.45) is 0.434. The second-order valence-corrected chi connectivity index (χ2v) is 2.52. The topological polar surface area (TPSA) is 40.2 Å². The number of hydrogen-bond donors (Lipinski definition) is 1. The van der Waals surface area contributed by atoms with Crippen LogP contribution in [0, 0.1) is 17.9 Å². The molecule has 1 aromatic carbocycles. The standard InChI is InChI=1S/C10H9N3/c1-12-8-13-10-4-2-9(3-5-10)6-7-11/h2-5,13H,6,8H2. The molecule has 0 amide bonds. The Kier molecular flexibility index (Phi) is 3.35. The van der Waals surface area contributed by atoms with Crippen molar-refractivity contribution in [2.75, 3.05) is 12.0 Å². The smallest absolute Gasteiger partial charge is 0.287 e. The van der Waals surface area contributed by atoms with Gasteiger partial charge in [0.25, 0.3) is 6.67 Å². The van der Waals surface area contributed by atoms with Gasteiger partial charge in [-0.3, -0.25) is 4.85 Å². The minimum atomic E-state index is 0.289. The Morgan fingerprint density at radius 3 is 2.62 bits per heavy atom. The van der Waals surface area contributed by atoms with Gasteiger partial charge in [-0.25, -0.2) is 6.57 Å². The number of nitrogens with one attached hydrogen (secondary N) is 1. The summed E-state index contributed by atoms with van der Waals surface area (Å²) in [7, 11) is 0. The van der Waals surface area contributed by atoms with Crippen LogP contribution in [0.25, 0.3) is 4.85 Å². The van der Waals surface area contributed by atoms with Crippen LogP contribution in [0.1, 0.15) is 5.56 Å². The molecule has 1 N–H and O–H groups in total. The molecule has 0 aliphatic carbocycles. The lowest BCUT2D eigenvalue weighted by Crippen LogP contribution is -1.95. The first-order chi connectivity index (χ1) is 6.36. The molecule has 0 radical (unpaired) electrons. The van der Waals surface area contributed by atoms with Crippen molar-refractivity contribution in [3.63, 3.8) is 0 Å². The highest BCUT2D eigenvalue weighted by atomic mass is 15.0. The molecule has 64 valence electrons. The van der Waals surface area contributed by atoms with Crippen LogP contribution in [0.5, 0.6) is 0 Å². The van der Waals surface area contributed by atoms with Crippen molar-refractivity contribution in [3.05, 3.63) is 41.2 Å². The molecule has 0 aromatic heterocycles. The summed E-state index contributed by atoms with van der Waals surface area (Å²) in [5.41, 5.74) is 1.91. The minimum absolute atomic E-state index is 0.289. The van der Waals surface area contributed by atoms with E-state index in [2.05, 4.69) is 16.2 Å². The predicted molar refractivity (Wildman–Crippen MR) is 50.9 cm³/mol. The maximum atomic E-state index is 8.42. The van der Waals surface area contributed by atoms with Crippen molar-refractivity contribution in [2.24, 2.45) is 0 Å². The molecule has 0 fully saturated rings. The van der Waals surface area contributed by atoms with Gasteiger partial charge in [0, 0.05) is 5.69 Å². The first-order valence-electron chi connectivity index (χ1n) is 3.90. The van der Waals surface area contributed by atoms with E-state index in [1.165, 1.54) is 0 Å². The summed E-state index contributed by atoms with van der Waals surface area (Å²) in [6.45, 7) is 6.87. The molecule has 0 aliphatic rings. The Bertz CT molecular complexity index is 340. The van der Waals surface area contributed by atoms with Crippen LogP contribution >= 0.6 is 0 Å². The quantitative estimate of drug-likeness (QED) is 0.707. The van der Waals surface area contributed by atoms with Gasteiger partial charge in [0.15, 0.2) is 0 Å². The van der Waals surface area contributed by atoms with Crippen LogP contribution < -0.4 is 5.32 Å². The molecule has 1 aromatic rings. The highest BCUT2D eigenvalue weighted by molar-refractivity contribution is 5.45. The maximum Gasteiger partial charge on any atom is 0.287 e. The van der Waals surface area contributed by atoms with Gasteiger partial charge >= 0.3 is 0 Å². The Morgan fingerprint density at radius 2 is 2.08 bits per heavy atom. The Balaban J connectivity index is 2.61. The zero-order valence-electron chi connectivity index (χ0n) is 7.12. The molecule has 0 atom stereocenters. The third-order valence-corrected chi connectivity index (χ3v) is 1.60. The average Bonchev–Trinajstić information content (AvgIpc) is 2.17. The van der Waals surface area contributed by atoms with Gasteiger partial charge in [-0.05, 0) is 17.7 Å². The number of benzene rings is 1. The molecule has 0 aliphatic heterocycles. The summed E-state index contributed by atoms with van der Waals surface area (Å²) in [6, 6.07) is 9.59. The lowest BCUT2D eigenvalue weighted by molar-refractivity contribution is 1.25. The van der Waals surface area contributed by atoms with E-state index >= 15 is 0 Å². The van der Waals surface area contributed by atoms with Crippen LogP contribution in [-0.2, 0) is 6.42 Å². The number of nitriles is 1. The van der Waals surface area contributed by atoms with E-state index in [0.29, 0.717) is 6.42 Å². The van der Waals surface area contributed by atoms with Crippen molar-refractivity contribution in [3.8, 4) is 6.07 Å². The normalized spacial score (nSPS) is 8.46. The summed E-state index contributed by atoms with van der Waals surface area (Å²) in [4.78, 5) is 3.18. The summed E-state index contributed by atoms with van der Waals surface area (Å²) in [5, 5.41) is 11.4. The van der Waals surface area contributed by atoms with Gasteiger partial charge in [-0.2, -0.15) is 5.26 Å². The second kappa shape index (κ2) is 4.79. The number of nitrogens with zero attached hydrogens (tertiary/aromatic N) is 2. The van der Waals surface area contributed by atoms with E-state index < -0.39 is 0 Å². The van der Waals surface area contributed by atoms with E-state index in [1.807, 2.05) is 24.3 Å². The highest BCUT2D eigenvalue weighted by Crippen LogP contribution is 2.09. The molecular formula is C10H9N3. The van der Waals surface area contributed by atoms with Crippen LogP contribution in [0.3, 0.4) is 0 Å². The summed E-state index contributed by atoms with van der Waals surface area (Å²) >= 11 is 0. The van der Waals surface area contributed by atoms with Crippen molar-refractivity contribution in [1.82, 2.24) is 0 Å². The molecule has 0 heterocycles. The van der Waals surface area contributed by atoms with Crippen molar-refractivity contribution in [2.45, 2.75) is 6.42 Å². The Labute approximate surface area is 77.4 Å². The van der Waals surface area contributed by atoms with E-state index in [0.717, 1.165) is 11.3 Å². The molecule has 0 saturated carbocycles. The highest BCUT2D eigenvalue weighted by Gasteiger charge is 1.93. The molecular weight excluding hydrogens is 162 g/mol. The van der Waals surface area contributed by atoms with Gasteiger partial charge in [0.2, 0.25) is 0 Å². The summed E-state index contributed by atoms with van der Waals surface area (Å²) < 4.78 is 0. The zero-order chi connectivity index (χ0) is 9.52. The van der Waals surface area contributed by atoms with Crippen LogP contribution in [-0.4, -0.2) is 6.67 Å². The van der Waals surface area contributed by atoms with Crippen molar-refractivity contribution < 1.29 is 0 Å². The van der Waals surface area contributed by atoms with Crippen molar-refractivity contribution >= 4 is 5.69 Å². The summed E-state index contributed by atoms with van der Waals surface area (Å²) in [5.74, 6) is 0. The minimum Gasteiger partial charge on any atom is -0.319 e. The number of hydrogen-bond acceptors (Lipinski definition) is 2. The van der Waals surface area contributed by atoms with Gasteiger partial charge < -0.3 is 5.32 Å². The fourth-order valence-corrected chi connectivity index (χ4v) is 0.963. The van der Waals surface area contributed by atoms with Gasteiger partial charge in [0.1, 0.15) is 0 Å². The van der Waals surface area contributed by atoms with E-state index in [-0.39, 0.29) is 6.67 Å². The van der Waals surface area contributed by atoms with E-state index in [4.69, 9.17) is 11.8 Å². The molecule has 3 nitrogen and oxygen atoms in total. The maximum absolute atomic E-state index is 8.42. The lowest BCUT2D eigenvalue weighted by atomic mass is 10.1. The molecule has 0 unspecified atom stereocenters.